The summed E-state index contributed by atoms with van der Waals surface area (Å²) in [5, 5.41) is 8.22. The molecule has 3 aromatic rings. The number of nitrogens with zero attached hydrogens (tertiary/aromatic N) is 1. The molecule has 4 atom stereocenters. The van der Waals surface area contributed by atoms with Crippen molar-refractivity contribution in [3.05, 3.63) is 108 Å². The number of carbonyl (C=O) groups excluding carboxylic acids is 5. The molecule has 0 heterocycles. The van der Waals surface area contributed by atoms with Crippen LogP contribution in [0.15, 0.2) is 91.0 Å². The molecule has 0 aliphatic heterocycles. The molecule has 53 heavy (non-hydrogen) atoms. The van der Waals surface area contributed by atoms with Gasteiger partial charge in [0.25, 0.3) is 0 Å². The molecule has 3 rings (SSSR count). The number of likely N-dealkylation sites (N-methyl/N-ethyl adjacent to an activating group) is 2. The van der Waals surface area contributed by atoms with Gasteiger partial charge < -0.3 is 26.6 Å². The number of ketones is 1. The molecule has 4 amide bonds. The molecule has 0 saturated heterocycles. The van der Waals surface area contributed by atoms with Gasteiger partial charge in [0.05, 0.1) is 29.3 Å². The minimum Gasteiger partial charge on any atom is -0.358 e. The summed E-state index contributed by atoms with van der Waals surface area (Å²) in [6.07, 6.45) is 2.11. The van der Waals surface area contributed by atoms with Crippen LogP contribution in [0.1, 0.15) is 76.5 Å². The number of benzene rings is 3. The molecular formula is C42H57N5O5S. The number of carbonyl (C=O) groups is 5. The Morgan fingerprint density at radius 3 is 1.75 bits per heavy atom. The van der Waals surface area contributed by atoms with Crippen LogP contribution >= 0.6 is 11.8 Å². The monoisotopic (exact) mass is 743 g/mol. The Bertz CT molecular complexity index is 1520. The second-order valence-corrected chi connectivity index (χ2v) is 15.2. The van der Waals surface area contributed by atoms with Crippen LogP contribution in [0.3, 0.4) is 0 Å². The molecule has 0 fully saturated rings. The van der Waals surface area contributed by atoms with E-state index in [2.05, 4.69) is 52.3 Å². The zero-order valence-corrected chi connectivity index (χ0v) is 32.8. The maximum atomic E-state index is 14.3. The number of nitrogens with two attached hydrogens (primary N) is 1. The van der Waals surface area contributed by atoms with Gasteiger partial charge in [-0.2, -0.15) is 0 Å². The van der Waals surface area contributed by atoms with Gasteiger partial charge in [-0.1, -0.05) is 125 Å². The van der Waals surface area contributed by atoms with E-state index in [9.17, 15) is 24.0 Å². The van der Waals surface area contributed by atoms with Crippen molar-refractivity contribution in [1.82, 2.24) is 20.9 Å². The van der Waals surface area contributed by atoms with Crippen molar-refractivity contribution in [2.75, 3.05) is 26.4 Å². The lowest BCUT2D eigenvalue weighted by Crippen LogP contribution is -2.55. The number of hydrogen-bond acceptors (Lipinski definition) is 7. The topological polar surface area (TPSA) is 151 Å². The average molecular weight is 744 g/mol. The van der Waals surface area contributed by atoms with Crippen molar-refractivity contribution >= 4 is 41.2 Å². The third-order valence-electron chi connectivity index (χ3n) is 9.31. The third-order valence-corrected chi connectivity index (χ3v) is 11.0. The van der Waals surface area contributed by atoms with Crippen molar-refractivity contribution in [3.63, 3.8) is 0 Å². The fourth-order valence-corrected chi connectivity index (χ4v) is 8.02. The van der Waals surface area contributed by atoms with Gasteiger partial charge in [-0.05, 0) is 42.4 Å². The molecule has 286 valence electrons. The van der Waals surface area contributed by atoms with E-state index in [4.69, 9.17) is 5.73 Å². The highest BCUT2D eigenvalue weighted by molar-refractivity contribution is 8.00. The van der Waals surface area contributed by atoms with Gasteiger partial charge in [0.1, 0.15) is 6.04 Å². The molecule has 10 nitrogen and oxygen atoms in total. The molecule has 0 aliphatic carbocycles. The maximum absolute atomic E-state index is 14.3. The minimum atomic E-state index is -0.896. The molecule has 11 heteroatoms. The van der Waals surface area contributed by atoms with Crippen molar-refractivity contribution in [1.29, 1.82) is 0 Å². The number of rotatable bonds is 21. The first-order chi connectivity index (χ1) is 25.3. The van der Waals surface area contributed by atoms with Gasteiger partial charge in [-0.15, -0.1) is 11.8 Å². The highest BCUT2D eigenvalue weighted by atomic mass is 32.2. The highest BCUT2D eigenvalue weighted by Gasteiger charge is 2.39. The lowest BCUT2D eigenvalue weighted by atomic mass is 9.84. The molecule has 0 unspecified atom stereocenters. The first-order valence-electron chi connectivity index (χ1n) is 18.5. The van der Waals surface area contributed by atoms with E-state index in [-0.39, 0.29) is 42.2 Å². The molecule has 0 saturated carbocycles. The number of thioether (sulfide) groups is 1. The molecule has 0 bridgehead atoms. The molecule has 0 aliphatic rings. The van der Waals surface area contributed by atoms with Crippen molar-refractivity contribution in [2.45, 2.75) is 82.7 Å². The van der Waals surface area contributed by atoms with Crippen molar-refractivity contribution in [2.24, 2.45) is 17.6 Å². The molecule has 0 radical (unpaired) electrons. The van der Waals surface area contributed by atoms with Crippen molar-refractivity contribution < 1.29 is 24.0 Å². The first kappa shape index (κ1) is 42.9. The van der Waals surface area contributed by atoms with E-state index in [1.165, 1.54) is 11.9 Å². The average Bonchev–Trinajstić information content (AvgIpc) is 3.16. The van der Waals surface area contributed by atoms with Crippen LogP contribution in [0.4, 0.5) is 0 Å². The predicted molar refractivity (Wildman–Crippen MR) is 213 cm³/mol. The Morgan fingerprint density at radius 1 is 0.811 bits per heavy atom. The van der Waals surface area contributed by atoms with Gasteiger partial charge in [0, 0.05) is 26.3 Å². The van der Waals surface area contributed by atoms with Gasteiger partial charge in [0.15, 0.2) is 5.78 Å². The fourth-order valence-electron chi connectivity index (χ4n) is 6.39. The van der Waals surface area contributed by atoms with E-state index in [0.717, 1.165) is 23.1 Å². The Balaban J connectivity index is 2.03. The summed E-state index contributed by atoms with van der Waals surface area (Å²) in [6.45, 7) is 7.27. The molecule has 0 spiro atoms. The summed E-state index contributed by atoms with van der Waals surface area (Å²) in [7, 11) is 3.05. The summed E-state index contributed by atoms with van der Waals surface area (Å²) < 4.78 is -0.749. The normalized spacial score (nSPS) is 13.7. The molecule has 0 aromatic heterocycles. The SMILES string of the molecule is CCCC[C@@H](C(=O)N[C@@H](CC(C)C)C(=O)C[C@@H](CSC(c1ccccc1)(c1ccccc1)c1ccccc1)C(=O)NCC(=O)NC)N(C)C(=O)[C@H](C)N. The Kier molecular flexibility index (Phi) is 17.2. The van der Waals surface area contributed by atoms with Crippen LogP contribution < -0.4 is 21.7 Å². The fraction of sp³-hybridized carbons (Fsp3) is 0.452. The summed E-state index contributed by atoms with van der Waals surface area (Å²) in [6, 6.07) is 27.7. The van der Waals surface area contributed by atoms with E-state index in [0.29, 0.717) is 19.3 Å². The number of Topliss-reactive ketones (excluding diaryl/α,β-unsaturated/α-hetero) is 1. The standard InChI is InChI=1S/C42H57N5O5S/c1-7-8-24-36(47(6)41(52)30(4)43)40(51)46-35(25-29(2)3)37(48)26-31(39(50)45-27-38(49)44-5)28-53-42(32-18-12-9-13-19-32,33-20-14-10-15-21-33)34-22-16-11-17-23-34/h9-23,29-31,35-36H,7-8,24-28,43H2,1-6H3,(H,44,49)(H,45,50)(H,46,51)/t30-,31-,35-,36-/m0/s1. The summed E-state index contributed by atoms with van der Waals surface area (Å²) in [5.74, 6) is -2.48. The van der Waals surface area contributed by atoms with Gasteiger partial charge in [-0.3, -0.25) is 24.0 Å². The third kappa shape index (κ3) is 12.0. The summed E-state index contributed by atoms with van der Waals surface area (Å²) >= 11 is 1.55. The Labute approximate surface area is 319 Å². The first-order valence-corrected chi connectivity index (χ1v) is 19.5. The van der Waals surface area contributed by atoms with Gasteiger partial charge in [-0.25, -0.2) is 0 Å². The number of unbranched alkanes of at least 4 members (excludes halogenated alkanes) is 1. The van der Waals surface area contributed by atoms with Crippen molar-refractivity contribution in [3.8, 4) is 0 Å². The lowest BCUT2D eigenvalue weighted by Gasteiger charge is -2.36. The summed E-state index contributed by atoms with van der Waals surface area (Å²) in [4.78, 5) is 68.5. The lowest BCUT2D eigenvalue weighted by molar-refractivity contribution is -0.141. The number of amides is 4. The smallest absolute Gasteiger partial charge is 0.243 e. The van der Waals surface area contributed by atoms with Gasteiger partial charge in [0.2, 0.25) is 23.6 Å². The zero-order valence-electron chi connectivity index (χ0n) is 32.0. The minimum absolute atomic E-state index is 0.0403. The number of hydrogen-bond donors (Lipinski definition) is 4. The van der Waals surface area contributed by atoms with Crippen LogP contribution in [0, 0.1) is 11.8 Å². The molecule has 3 aromatic carbocycles. The zero-order chi connectivity index (χ0) is 39.0. The van der Waals surface area contributed by atoms with Crippen LogP contribution in [0.5, 0.6) is 0 Å². The van der Waals surface area contributed by atoms with Crippen LogP contribution in [-0.4, -0.2) is 78.8 Å². The molecule has 5 N–H and O–H groups in total. The van der Waals surface area contributed by atoms with E-state index in [1.54, 1.807) is 25.7 Å². The van der Waals surface area contributed by atoms with E-state index in [1.807, 2.05) is 75.4 Å². The number of nitrogens with one attached hydrogen (secondary N) is 3. The van der Waals surface area contributed by atoms with Crippen LogP contribution in [0.2, 0.25) is 0 Å². The summed E-state index contributed by atoms with van der Waals surface area (Å²) in [5.41, 5.74) is 8.90. The largest absolute Gasteiger partial charge is 0.358 e. The second kappa shape index (κ2) is 21.3. The molecular weight excluding hydrogens is 687 g/mol. The van der Waals surface area contributed by atoms with Crippen LogP contribution in [0.25, 0.3) is 0 Å². The quantitative estimate of drug-likeness (QED) is 0.112. The van der Waals surface area contributed by atoms with E-state index < -0.39 is 40.6 Å². The van der Waals surface area contributed by atoms with Gasteiger partial charge >= 0.3 is 0 Å². The maximum Gasteiger partial charge on any atom is 0.243 e. The predicted octanol–water partition coefficient (Wildman–Crippen LogP) is 5.04. The highest BCUT2D eigenvalue weighted by Crippen LogP contribution is 2.49. The second-order valence-electron chi connectivity index (χ2n) is 13.9. The van der Waals surface area contributed by atoms with E-state index >= 15 is 0 Å². The Hall–Kier alpha value is -4.48. The van der Waals surface area contributed by atoms with Crippen LogP contribution in [-0.2, 0) is 28.7 Å². The Morgan fingerprint density at radius 2 is 1.32 bits per heavy atom.